The summed E-state index contributed by atoms with van der Waals surface area (Å²) in [4.78, 5) is 0. The number of hydrogen-bond acceptors (Lipinski definition) is 3. The van der Waals surface area contributed by atoms with Gasteiger partial charge < -0.3 is 10.5 Å². The third kappa shape index (κ3) is 2.09. The van der Waals surface area contributed by atoms with Gasteiger partial charge in [0, 0.05) is 31.2 Å². The van der Waals surface area contributed by atoms with Crippen molar-refractivity contribution in [3.8, 4) is 0 Å². The van der Waals surface area contributed by atoms with Crippen molar-refractivity contribution < 1.29 is 4.74 Å². The molecule has 0 amide bonds. The Morgan fingerprint density at radius 1 is 1.65 bits per heavy atom. The highest BCUT2D eigenvalue weighted by Gasteiger charge is 2.41. The van der Waals surface area contributed by atoms with E-state index in [1.54, 1.807) is 4.68 Å². The van der Waals surface area contributed by atoms with E-state index in [-0.39, 0.29) is 11.5 Å². The fourth-order valence-electron chi connectivity index (χ4n) is 2.62. The Morgan fingerprint density at radius 3 is 2.76 bits per heavy atom. The van der Waals surface area contributed by atoms with Gasteiger partial charge in [0.25, 0.3) is 0 Å². The molecule has 0 bridgehead atoms. The highest BCUT2D eigenvalue weighted by Crippen LogP contribution is 2.39. The molecule has 1 aliphatic rings. The summed E-state index contributed by atoms with van der Waals surface area (Å²) >= 11 is 6.28. The predicted molar refractivity (Wildman–Crippen MR) is 68.2 cm³/mol. The van der Waals surface area contributed by atoms with E-state index in [4.69, 9.17) is 22.1 Å². The maximum absolute atomic E-state index is 6.28. The second kappa shape index (κ2) is 4.59. The first-order chi connectivity index (χ1) is 8.00. The maximum Gasteiger partial charge on any atom is 0.130 e. The third-order valence-corrected chi connectivity index (χ3v) is 4.51. The monoisotopic (exact) mass is 257 g/mol. The van der Waals surface area contributed by atoms with Crippen LogP contribution in [0.1, 0.15) is 24.6 Å². The average molecular weight is 258 g/mol. The van der Waals surface area contributed by atoms with Crippen molar-refractivity contribution in [3.05, 3.63) is 16.4 Å². The van der Waals surface area contributed by atoms with Crippen LogP contribution in [0, 0.1) is 12.3 Å². The van der Waals surface area contributed by atoms with Crippen molar-refractivity contribution in [3.63, 3.8) is 0 Å². The summed E-state index contributed by atoms with van der Waals surface area (Å²) in [6, 6.07) is 0. The SMILES string of the molecule is Cc1nn(C)c(Cl)c1CC1(CN)CCOC1C. The first kappa shape index (κ1) is 12.9. The van der Waals surface area contributed by atoms with Crippen LogP contribution in [-0.4, -0.2) is 29.0 Å². The molecule has 1 aliphatic heterocycles. The van der Waals surface area contributed by atoms with Crippen LogP contribution < -0.4 is 5.73 Å². The van der Waals surface area contributed by atoms with E-state index in [2.05, 4.69) is 12.0 Å². The molecule has 0 radical (unpaired) electrons. The average Bonchev–Trinajstić information content (AvgIpc) is 2.76. The zero-order chi connectivity index (χ0) is 12.6. The Hall–Kier alpha value is -0.580. The minimum absolute atomic E-state index is 0.0113. The van der Waals surface area contributed by atoms with Crippen molar-refractivity contribution in [2.24, 2.45) is 18.2 Å². The quantitative estimate of drug-likeness (QED) is 0.896. The molecule has 4 nitrogen and oxygen atoms in total. The van der Waals surface area contributed by atoms with Crippen LogP contribution in [-0.2, 0) is 18.2 Å². The molecule has 2 unspecified atom stereocenters. The number of rotatable bonds is 3. The highest BCUT2D eigenvalue weighted by molar-refractivity contribution is 6.30. The largest absolute Gasteiger partial charge is 0.378 e. The van der Waals surface area contributed by atoms with E-state index in [9.17, 15) is 0 Å². The fourth-order valence-corrected chi connectivity index (χ4v) is 2.86. The summed E-state index contributed by atoms with van der Waals surface area (Å²) in [5.41, 5.74) is 8.07. The van der Waals surface area contributed by atoms with Crippen LogP contribution in [0.15, 0.2) is 0 Å². The molecule has 1 fully saturated rings. The van der Waals surface area contributed by atoms with E-state index in [0.29, 0.717) is 6.54 Å². The standard InChI is InChI=1S/C12H20ClN3O/c1-8-10(11(13)16(3)15-8)6-12(7-14)4-5-17-9(12)2/h9H,4-7,14H2,1-3H3. The van der Waals surface area contributed by atoms with E-state index < -0.39 is 0 Å². The Bertz CT molecular complexity index is 418. The van der Waals surface area contributed by atoms with Gasteiger partial charge in [0.2, 0.25) is 0 Å². The van der Waals surface area contributed by atoms with E-state index >= 15 is 0 Å². The number of nitrogens with two attached hydrogens (primary N) is 1. The molecular formula is C12H20ClN3O. The Labute approximate surface area is 107 Å². The molecule has 0 spiro atoms. The molecule has 0 aromatic carbocycles. The lowest BCUT2D eigenvalue weighted by Gasteiger charge is -2.30. The lowest BCUT2D eigenvalue weighted by molar-refractivity contribution is 0.0673. The molecule has 2 N–H and O–H groups in total. The van der Waals surface area contributed by atoms with Crippen molar-refractivity contribution in [2.75, 3.05) is 13.2 Å². The van der Waals surface area contributed by atoms with E-state index in [1.807, 2.05) is 14.0 Å². The zero-order valence-electron chi connectivity index (χ0n) is 10.7. The summed E-state index contributed by atoms with van der Waals surface area (Å²) in [7, 11) is 1.86. The number of aromatic nitrogens is 2. The van der Waals surface area contributed by atoms with Gasteiger partial charge >= 0.3 is 0 Å². The number of halogens is 1. The maximum atomic E-state index is 6.28. The molecule has 0 saturated carbocycles. The lowest BCUT2D eigenvalue weighted by atomic mass is 9.76. The van der Waals surface area contributed by atoms with Crippen molar-refractivity contribution in [2.45, 2.75) is 32.8 Å². The number of hydrogen-bond donors (Lipinski definition) is 1. The number of ether oxygens (including phenoxy) is 1. The summed E-state index contributed by atoms with van der Waals surface area (Å²) in [5.74, 6) is 0. The van der Waals surface area contributed by atoms with Gasteiger partial charge in [-0.25, -0.2) is 0 Å². The second-order valence-corrected chi connectivity index (χ2v) is 5.34. The summed E-state index contributed by atoms with van der Waals surface area (Å²) in [5, 5.41) is 5.06. The summed E-state index contributed by atoms with van der Waals surface area (Å²) in [6.45, 7) is 5.50. The molecule has 2 heterocycles. The Kier molecular flexibility index (Phi) is 3.48. The van der Waals surface area contributed by atoms with Gasteiger partial charge in [-0.3, -0.25) is 4.68 Å². The molecule has 96 valence electrons. The number of aryl methyl sites for hydroxylation is 2. The van der Waals surface area contributed by atoms with Crippen LogP contribution >= 0.6 is 11.6 Å². The van der Waals surface area contributed by atoms with Gasteiger partial charge in [0.1, 0.15) is 5.15 Å². The van der Waals surface area contributed by atoms with Crippen LogP contribution in [0.5, 0.6) is 0 Å². The molecule has 1 aromatic rings. The molecule has 1 saturated heterocycles. The smallest absolute Gasteiger partial charge is 0.130 e. The highest BCUT2D eigenvalue weighted by atomic mass is 35.5. The second-order valence-electron chi connectivity index (χ2n) is 4.98. The zero-order valence-corrected chi connectivity index (χ0v) is 11.4. The normalized spacial score (nSPS) is 28.9. The first-order valence-electron chi connectivity index (χ1n) is 6.00. The van der Waals surface area contributed by atoms with Crippen LogP contribution in [0.3, 0.4) is 0 Å². The topological polar surface area (TPSA) is 53.1 Å². The van der Waals surface area contributed by atoms with Crippen molar-refractivity contribution in [1.82, 2.24) is 9.78 Å². The molecule has 2 rings (SSSR count). The first-order valence-corrected chi connectivity index (χ1v) is 6.37. The fraction of sp³-hybridized carbons (Fsp3) is 0.750. The van der Waals surface area contributed by atoms with Crippen LogP contribution in [0.4, 0.5) is 0 Å². The number of nitrogens with zero attached hydrogens (tertiary/aromatic N) is 2. The van der Waals surface area contributed by atoms with Crippen LogP contribution in [0.25, 0.3) is 0 Å². The van der Waals surface area contributed by atoms with Crippen LogP contribution in [0.2, 0.25) is 5.15 Å². The molecule has 0 aliphatic carbocycles. The minimum atomic E-state index is 0.0113. The van der Waals surface area contributed by atoms with Crippen molar-refractivity contribution >= 4 is 11.6 Å². The Morgan fingerprint density at radius 2 is 2.35 bits per heavy atom. The third-order valence-electron chi connectivity index (χ3n) is 4.04. The molecule has 17 heavy (non-hydrogen) atoms. The Balaban J connectivity index is 2.30. The minimum Gasteiger partial charge on any atom is -0.378 e. The summed E-state index contributed by atoms with van der Waals surface area (Å²) in [6.07, 6.45) is 2.03. The van der Waals surface area contributed by atoms with Crippen molar-refractivity contribution in [1.29, 1.82) is 0 Å². The molecular weight excluding hydrogens is 238 g/mol. The molecule has 5 heteroatoms. The van der Waals surface area contributed by atoms with Gasteiger partial charge in [-0.2, -0.15) is 5.10 Å². The summed E-state index contributed by atoms with van der Waals surface area (Å²) < 4.78 is 7.39. The van der Waals surface area contributed by atoms with E-state index in [1.165, 1.54) is 0 Å². The lowest BCUT2D eigenvalue weighted by Crippen LogP contribution is -2.38. The van der Waals surface area contributed by atoms with Gasteiger partial charge in [-0.05, 0) is 26.7 Å². The molecule has 2 atom stereocenters. The predicted octanol–water partition coefficient (Wildman–Crippen LogP) is 1.68. The van der Waals surface area contributed by atoms with Gasteiger partial charge in [0.05, 0.1) is 11.8 Å². The molecule has 1 aromatic heterocycles. The van der Waals surface area contributed by atoms with Gasteiger partial charge in [-0.1, -0.05) is 11.6 Å². The van der Waals surface area contributed by atoms with Gasteiger partial charge in [0.15, 0.2) is 0 Å². The van der Waals surface area contributed by atoms with Gasteiger partial charge in [-0.15, -0.1) is 0 Å². The van der Waals surface area contributed by atoms with E-state index in [0.717, 1.165) is 35.9 Å².